The molecule has 6 rings (SSSR count). The summed E-state index contributed by atoms with van der Waals surface area (Å²) in [5.74, 6) is 2.56. The van der Waals surface area contributed by atoms with Crippen LogP contribution in [-0.2, 0) is 4.74 Å². The molecule has 12 heteroatoms. The van der Waals surface area contributed by atoms with E-state index >= 15 is 0 Å². The van der Waals surface area contributed by atoms with Crippen LogP contribution in [0.2, 0.25) is 5.02 Å². The van der Waals surface area contributed by atoms with E-state index in [2.05, 4.69) is 31.7 Å². The van der Waals surface area contributed by atoms with Crippen molar-refractivity contribution in [3.05, 3.63) is 82.9 Å². The van der Waals surface area contributed by atoms with Crippen LogP contribution < -0.4 is 20.3 Å². The SMILES string of the molecule is C/C(Oc1cc(-c2ccc(N3CCC(C)(NC(=O)c4ncccc4Cl)CC3)nc2)c2c(C#N)cnn2c1)=C1\CNCCO1. The van der Waals surface area contributed by atoms with Gasteiger partial charge in [-0.15, -0.1) is 0 Å². The number of allylic oxidation sites excluding steroid dienone is 1. The molecule has 4 aromatic rings. The number of hydrogen-bond acceptors (Lipinski definition) is 9. The minimum Gasteiger partial charge on any atom is -0.492 e. The minimum absolute atomic E-state index is 0.234. The van der Waals surface area contributed by atoms with Crippen LogP contribution in [0, 0.1) is 11.3 Å². The second-order valence-corrected chi connectivity index (χ2v) is 11.3. The molecule has 6 heterocycles. The third-order valence-electron chi connectivity index (χ3n) is 7.85. The Morgan fingerprint density at radius 1 is 1.23 bits per heavy atom. The number of fused-ring (bicyclic) bond motifs is 1. The van der Waals surface area contributed by atoms with Crippen LogP contribution in [0.5, 0.6) is 5.75 Å². The number of carbonyl (C=O) groups excluding carboxylic acids is 1. The summed E-state index contributed by atoms with van der Waals surface area (Å²) in [6.07, 6.45) is 8.15. The molecule has 2 fully saturated rings. The molecule has 0 unspecified atom stereocenters. The van der Waals surface area contributed by atoms with Crippen molar-refractivity contribution in [3.8, 4) is 22.9 Å². The molecule has 1 amide bonds. The Kier molecular flexibility index (Phi) is 7.88. The summed E-state index contributed by atoms with van der Waals surface area (Å²) in [6.45, 7) is 7.35. The minimum atomic E-state index is -0.387. The summed E-state index contributed by atoms with van der Waals surface area (Å²) in [5.41, 5.74) is 2.61. The molecule has 43 heavy (non-hydrogen) atoms. The Labute approximate surface area is 254 Å². The average molecular weight is 599 g/mol. The number of pyridine rings is 3. The number of carbonyl (C=O) groups is 1. The highest BCUT2D eigenvalue weighted by Crippen LogP contribution is 2.33. The van der Waals surface area contributed by atoms with E-state index in [1.807, 2.05) is 32.0 Å². The van der Waals surface area contributed by atoms with Gasteiger partial charge in [-0.05, 0) is 57.0 Å². The van der Waals surface area contributed by atoms with Crippen LogP contribution in [0.15, 0.2) is 66.6 Å². The normalized spacial score (nSPS) is 17.6. The zero-order valence-corrected chi connectivity index (χ0v) is 24.7. The number of nitriles is 1. The maximum atomic E-state index is 12.8. The topological polar surface area (TPSA) is 130 Å². The van der Waals surface area contributed by atoms with Gasteiger partial charge in [0.25, 0.3) is 5.91 Å². The molecule has 11 nitrogen and oxygen atoms in total. The number of aromatic nitrogens is 4. The molecule has 0 radical (unpaired) electrons. The van der Waals surface area contributed by atoms with E-state index in [4.69, 9.17) is 26.1 Å². The van der Waals surface area contributed by atoms with Gasteiger partial charge in [0.15, 0.2) is 0 Å². The molecule has 220 valence electrons. The maximum absolute atomic E-state index is 12.8. The van der Waals surface area contributed by atoms with E-state index in [0.717, 1.165) is 55.2 Å². The van der Waals surface area contributed by atoms with Gasteiger partial charge in [0.2, 0.25) is 0 Å². The summed E-state index contributed by atoms with van der Waals surface area (Å²) >= 11 is 6.17. The van der Waals surface area contributed by atoms with Crippen LogP contribution >= 0.6 is 11.6 Å². The third kappa shape index (κ3) is 5.98. The van der Waals surface area contributed by atoms with Crippen LogP contribution in [0.25, 0.3) is 16.6 Å². The lowest BCUT2D eigenvalue weighted by molar-refractivity contribution is 0.0886. The largest absolute Gasteiger partial charge is 0.492 e. The molecule has 2 aliphatic heterocycles. The Morgan fingerprint density at radius 3 is 2.77 bits per heavy atom. The molecule has 0 aromatic carbocycles. The summed E-state index contributed by atoms with van der Waals surface area (Å²) in [4.78, 5) is 23.9. The van der Waals surface area contributed by atoms with E-state index < -0.39 is 0 Å². The molecule has 4 aromatic heterocycles. The van der Waals surface area contributed by atoms with Crippen LogP contribution in [0.1, 0.15) is 42.7 Å². The fraction of sp³-hybridized carbons (Fsp3) is 0.323. The van der Waals surface area contributed by atoms with E-state index in [1.165, 1.54) is 0 Å². The predicted octanol–water partition coefficient (Wildman–Crippen LogP) is 4.34. The smallest absolute Gasteiger partial charge is 0.271 e. The monoisotopic (exact) mass is 598 g/mol. The summed E-state index contributed by atoms with van der Waals surface area (Å²) in [7, 11) is 0. The molecule has 0 atom stereocenters. The van der Waals surface area contributed by atoms with Crippen LogP contribution in [-0.4, -0.2) is 63.8 Å². The average Bonchev–Trinajstić information content (AvgIpc) is 3.45. The first kappa shape index (κ1) is 28.5. The molecule has 2 N–H and O–H groups in total. The molecular weight excluding hydrogens is 568 g/mol. The summed E-state index contributed by atoms with van der Waals surface area (Å²) < 4.78 is 13.6. The second kappa shape index (κ2) is 11.9. The lowest BCUT2D eigenvalue weighted by Gasteiger charge is -2.40. The van der Waals surface area contributed by atoms with E-state index in [-0.39, 0.29) is 17.1 Å². The molecule has 0 saturated carbocycles. The highest BCUT2D eigenvalue weighted by Gasteiger charge is 2.33. The number of amides is 1. The highest BCUT2D eigenvalue weighted by molar-refractivity contribution is 6.33. The highest BCUT2D eigenvalue weighted by atomic mass is 35.5. The van der Waals surface area contributed by atoms with Crippen molar-refractivity contribution in [3.63, 3.8) is 0 Å². The van der Waals surface area contributed by atoms with E-state index in [9.17, 15) is 10.1 Å². The van der Waals surface area contributed by atoms with Crippen molar-refractivity contribution in [1.29, 1.82) is 5.26 Å². The fourth-order valence-corrected chi connectivity index (χ4v) is 5.59. The first-order chi connectivity index (χ1) is 20.8. The molecule has 0 spiro atoms. The number of hydrogen-bond donors (Lipinski definition) is 2. The summed E-state index contributed by atoms with van der Waals surface area (Å²) in [5, 5.41) is 20.9. The Hall–Kier alpha value is -4.66. The molecule has 0 bridgehead atoms. The number of nitrogens with one attached hydrogen (secondary N) is 2. The number of nitrogens with zero attached hydrogens (tertiary/aromatic N) is 6. The van der Waals surface area contributed by atoms with Crippen molar-refractivity contribution < 1.29 is 14.3 Å². The third-order valence-corrected chi connectivity index (χ3v) is 8.16. The molecule has 2 aliphatic rings. The zero-order chi connectivity index (χ0) is 30.0. The summed E-state index contributed by atoms with van der Waals surface area (Å²) in [6, 6.07) is 11.5. The second-order valence-electron chi connectivity index (χ2n) is 10.9. The van der Waals surface area contributed by atoms with Crippen molar-refractivity contribution in [2.45, 2.75) is 32.2 Å². The van der Waals surface area contributed by atoms with Crippen LogP contribution in [0.4, 0.5) is 5.82 Å². The van der Waals surface area contributed by atoms with Gasteiger partial charge < -0.3 is 25.0 Å². The Balaban J connectivity index is 1.19. The zero-order valence-electron chi connectivity index (χ0n) is 23.9. The van der Waals surface area contributed by atoms with Crippen molar-refractivity contribution in [1.82, 2.24) is 30.2 Å². The Morgan fingerprint density at radius 2 is 2.07 bits per heavy atom. The van der Waals surface area contributed by atoms with E-state index in [1.54, 1.807) is 41.4 Å². The van der Waals surface area contributed by atoms with Crippen molar-refractivity contribution >= 4 is 28.8 Å². The van der Waals surface area contributed by atoms with Gasteiger partial charge in [0, 0.05) is 48.7 Å². The number of anilines is 1. The van der Waals surface area contributed by atoms with Gasteiger partial charge in [-0.1, -0.05) is 11.6 Å². The van der Waals surface area contributed by atoms with Crippen molar-refractivity contribution in [2.75, 3.05) is 37.7 Å². The van der Waals surface area contributed by atoms with E-state index in [0.29, 0.717) is 40.8 Å². The lowest BCUT2D eigenvalue weighted by atomic mass is 9.89. The quantitative estimate of drug-likeness (QED) is 0.311. The Bertz CT molecular complexity index is 1730. The van der Waals surface area contributed by atoms with Gasteiger partial charge >= 0.3 is 0 Å². The van der Waals surface area contributed by atoms with Gasteiger partial charge in [-0.25, -0.2) is 14.5 Å². The van der Waals surface area contributed by atoms with Gasteiger partial charge in [-0.3, -0.25) is 4.79 Å². The van der Waals surface area contributed by atoms with Crippen LogP contribution in [0.3, 0.4) is 0 Å². The fourth-order valence-electron chi connectivity index (χ4n) is 5.39. The number of ether oxygens (including phenoxy) is 2. The number of halogens is 1. The first-order valence-corrected chi connectivity index (χ1v) is 14.5. The number of piperidine rings is 1. The van der Waals surface area contributed by atoms with Crippen molar-refractivity contribution in [2.24, 2.45) is 0 Å². The molecular formula is C31H31ClN8O3. The van der Waals surface area contributed by atoms with Gasteiger partial charge in [0.1, 0.15) is 41.5 Å². The lowest BCUT2D eigenvalue weighted by Crippen LogP contribution is -2.53. The number of rotatable bonds is 6. The maximum Gasteiger partial charge on any atom is 0.271 e. The molecule has 2 saturated heterocycles. The standard InChI is InChI=1S/C31H31ClN8O3/c1-20(26-18-34-10-13-42-26)43-23-14-24(29-22(15-33)17-37-40(29)19-23)21-5-6-27(36-16-21)39-11-7-31(2,8-12-39)38-30(41)28-25(32)4-3-9-35-28/h3-6,9,14,16-17,19,34H,7-8,10-13,18H2,1-2H3,(H,38,41)/b26-20-. The van der Waals surface area contributed by atoms with Gasteiger partial charge in [0.05, 0.1) is 35.0 Å². The number of morpholine rings is 1. The van der Waals surface area contributed by atoms with Gasteiger partial charge in [-0.2, -0.15) is 10.4 Å². The first-order valence-electron chi connectivity index (χ1n) is 14.1. The predicted molar refractivity (Wildman–Crippen MR) is 162 cm³/mol. The molecule has 0 aliphatic carbocycles.